The zero-order chi connectivity index (χ0) is 25.7. The van der Waals surface area contributed by atoms with Crippen LogP contribution in [0.3, 0.4) is 0 Å². The SMILES string of the molecule is Cc1c(Cl)cccc1N1C(=O)NC(=O)/C(=C\c2cc(C)n(-c3sc4c(c3C#N)CCCC4)c2C)C1=O. The van der Waals surface area contributed by atoms with Gasteiger partial charge in [0.2, 0.25) is 0 Å². The summed E-state index contributed by atoms with van der Waals surface area (Å²) in [6.45, 7) is 5.54. The number of fused-ring (bicyclic) bond motifs is 1. The Morgan fingerprint density at radius 3 is 2.64 bits per heavy atom. The molecule has 7 nitrogen and oxygen atoms in total. The fraction of sp³-hybridized carbons (Fsp3) is 0.259. The van der Waals surface area contributed by atoms with E-state index in [1.165, 1.54) is 11.0 Å². The minimum absolute atomic E-state index is 0.153. The molecule has 2 aromatic heterocycles. The lowest BCUT2D eigenvalue weighted by Gasteiger charge is -2.27. The number of benzene rings is 1. The van der Waals surface area contributed by atoms with Crippen LogP contribution in [0.2, 0.25) is 5.02 Å². The number of imide groups is 2. The Morgan fingerprint density at radius 1 is 1.14 bits per heavy atom. The summed E-state index contributed by atoms with van der Waals surface area (Å²) < 4.78 is 2.02. The molecule has 5 rings (SSSR count). The third-order valence-electron chi connectivity index (χ3n) is 6.82. The van der Waals surface area contributed by atoms with E-state index in [0.717, 1.165) is 52.5 Å². The number of urea groups is 1. The van der Waals surface area contributed by atoms with Crippen molar-refractivity contribution in [3.05, 3.63) is 73.4 Å². The zero-order valence-corrected chi connectivity index (χ0v) is 21.6. The molecule has 3 aromatic rings. The molecule has 4 amide bonds. The van der Waals surface area contributed by atoms with Gasteiger partial charge < -0.3 is 4.57 Å². The van der Waals surface area contributed by atoms with Crippen molar-refractivity contribution in [2.45, 2.75) is 46.5 Å². The van der Waals surface area contributed by atoms with E-state index in [2.05, 4.69) is 11.4 Å². The first kappa shape index (κ1) is 24.0. The Balaban J connectivity index is 1.59. The summed E-state index contributed by atoms with van der Waals surface area (Å²) >= 11 is 7.85. The predicted octanol–water partition coefficient (Wildman–Crippen LogP) is 5.53. The van der Waals surface area contributed by atoms with Crippen molar-refractivity contribution >= 4 is 52.5 Å². The van der Waals surface area contributed by atoms with Crippen molar-refractivity contribution < 1.29 is 14.4 Å². The van der Waals surface area contributed by atoms with Gasteiger partial charge in [0, 0.05) is 21.3 Å². The van der Waals surface area contributed by atoms with Crippen LogP contribution in [0.4, 0.5) is 10.5 Å². The molecule has 0 radical (unpaired) electrons. The van der Waals surface area contributed by atoms with Crippen LogP contribution < -0.4 is 10.2 Å². The molecule has 1 aliphatic carbocycles. The number of hydrogen-bond acceptors (Lipinski definition) is 5. The van der Waals surface area contributed by atoms with Gasteiger partial charge in [-0.25, -0.2) is 9.69 Å². The van der Waals surface area contributed by atoms with Gasteiger partial charge in [0.05, 0.1) is 11.3 Å². The van der Waals surface area contributed by atoms with E-state index in [1.54, 1.807) is 36.5 Å². The Kier molecular flexibility index (Phi) is 6.07. The van der Waals surface area contributed by atoms with Gasteiger partial charge in [-0.2, -0.15) is 5.26 Å². The van der Waals surface area contributed by atoms with E-state index >= 15 is 0 Å². The van der Waals surface area contributed by atoms with Gasteiger partial charge in [0.15, 0.2) is 0 Å². The Labute approximate surface area is 217 Å². The molecule has 182 valence electrons. The van der Waals surface area contributed by atoms with Gasteiger partial charge in [0.1, 0.15) is 16.6 Å². The van der Waals surface area contributed by atoms with Crippen molar-refractivity contribution in [3.8, 4) is 11.1 Å². The number of rotatable bonds is 3. The van der Waals surface area contributed by atoms with Crippen LogP contribution in [-0.2, 0) is 22.4 Å². The van der Waals surface area contributed by atoms with Crippen molar-refractivity contribution in [2.75, 3.05) is 4.90 Å². The predicted molar refractivity (Wildman–Crippen MR) is 140 cm³/mol. The second-order valence-electron chi connectivity index (χ2n) is 9.01. The molecule has 1 aliphatic heterocycles. The summed E-state index contributed by atoms with van der Waals surface area (Å²) in [5, 5.41) is 13.5. The van der Waals surface area contributed by atoms with Crippen LogP contribution in [0.1, 0.15) is 51.4 Å². The minimum atomic E-state index is -0.819. The van der Waals surface area contributed by atoms with E-state index < -0.39 is 17.8 Å². The van der Waals surface area contributed by atoms with Gasteiger partial charge >= 0.3 is 6.03 Å². The third kappa shape index (κ3) is 3.76. The van der Waals surface area contributed by atoms with Crippen LogP contribution >= 0.6 is 22.9 Å². The molecule has 0 unspecified atom stereocenters. The molecule has 0 spiro atoms. The maximum atomic E-state index is 13.4. The number of nitriles is 1. The van der Waals surface area contributed by atoms with E-state index in [1.807, 2.05) is 24.5 Å². The second kappa shape index (κ2) is 9.08. The lowest BCUT2D eigenvalue weighted by atomic mass is 9.96. The summed E-state index contributed by atoms with van der Waals surface area (Å²) in [5.41, 5.74) is 4.92. The number of aromatic nitrogens is 1. The van der Waals surface area contributed by atoms with Crippen LogP contribution in [0, 0.1) is 32.1 Å². The molecular formula is C27H23ClN4O3S. The number of carbonyl (C=O) groups excluding carboxylic acids is 3. The van der Waals surface area contributed by atoms with Crippen LogP contribution in [-0.4, -0.2) is 22.4 Å². The summed E-state index contributed by atoms with van der Waals surface area (Å²) in [7, 11) is 0. The fourth-order valence-corrected chi connectivity index (χ4v) is 6.56. The van der Waals surface area contributed by atoms with Crippen LogP contribution in [0.25, 0.3) is 11.1 Å². The summed E-state index contributed by atoms with van der Waals surface area (Å²) in [6, 6.07) is 8.39. The number of anilines is 1. The number of carbonyl (C=O) groups is 3. The molecule has 1 N–H and O–H groups in total. The van der Waals surface area contributed by atoms with Crippen LogP contribution in [0.15, 0.2) is 29.8 Å². The van der Waals surface area contributed by atoms with E-state index in [4.69, 9.17) is 11.6 Å². The van der Waals surface area contributed by atoms with Gasteiger partial charge in [-0.05, 0) is 87.4 Å². The normalized spacial score (nSPS) is 16.8. The fourth-order valence-electron chi connectivity index (χ4n) is 4.94. The number of nitrogens with one attached hydrogen (secondary N) is 1. The first-order valence-electron chi connectivity index (χ1n) is 11.6. The summed E-state index contributed by atoms with van der Waals surface area (Å²) in [6.07, 6.45) is 5.60. The molecule has 0 saturated carbocycles. The van der Waals surface area contributed by atoms with Crippen molar-refractivity contribution in [1.29, 1.82) is 5.26 Å². The van der Waals surface area contributed by atoms with Crippen LogP contribution in [0.5, 0.6) is 0 Å². The Hall–Kier alpha value is -3.67. The molecule has 1 fully saturated rings. The van der Waals surface area contributed by atoms with E-state index in [0.29, 0.717) is 27.4 Å². The second-order valence-corrected chi connectivity index (χ2v) is 10.5. The topological polar surface area (TPSA) is 95.2 Å². The van der Waals surface area contributed by atoms with Crippen molar-refractivity contribution in [1.82, 2.24) is 9.88 Å². The van der Waals surface area contributed by atoms with Gasteiger partial charge in [0.25, 0.3) is 11.8 Å². The number of halogens is 1. The van der Waals surface area contributed by atoms with Crippen molar-refractivity contribution in [3.63, 3.8) is 0 Å². The number of hydrogen-bond donors (Lipinski definition) is 1. The van der Waals surface area contributed by atoms with Gasteiger partial charge in [-0.1, -0.05) is 17.7 Å². The number of nitrogens with zero attached hydrogens (tertiary/aromatic N) is 3. The molecule has 36 heavy (non-hydrogen) atoms. The first-order valence-corrected chi connectivity index (χ1v) is 12.8. The van der Waals surface area contributed by atoms with Gasteiger partial charge in [-0.3, -0.25) is 14.9 Å². The lowest BCUT2D eigenvalue weighted by Crippen LogP contribution is -2.54. The largest absolute Gasteiger partial charge is 0.335 e. The highest BCUT2D eigenvalue weighted by atomic mass is 35.5. The van der Waals surface area contributed by atoms with Gasteiger partial charge in [-0.15, -0.1) is 11.3 Å². The standard InChI is InChI=1S/C27H23ClN4O3S/c1-14-11-17(16(3)31(14)26-20(13-29)18-7-4-5-10-23(18)36-26)12-19-24(33)30-27(35)32(25(19)34)22-9-6-8-21(28)15(22)2/h6,8-9,11-12H,4-5,7,10H2,1-3H3,(H,30,33,35)/b19-12+. The molecule has 2 aliphatic rings. The molecule has 0 atom stereocenters. The average Bonchev–Trinajstić information content (AvgIpc) is 3.34. The lowest BCUT2D eigenvalue weighted by molar-refractivity contribution is -0.122. The molecule has 1 saturated heterocycles. The van der Waals surface area contributed by atoms with E-state index in [-0.39, 0.29) is 5.57 Å². The highest BCUT2D eigenvalue weighted by Crippen LogP contribution is 2.38. The first-order chi connectivity index (χ1) is 17.2. The molecule has 9 heteroatoms. The van der Waals surface area contributed by atoms with E-state index in [9.17, 15) is 19.6 Å². The summed E-state index contributed by atoms with van der Waals surface area (Å²) in [4.78, 5) is 41.0. The number of aryl methyl sites for hydroxylation is 2. The third-order valence-corrected chi connectivity index (χ3v) is 8.51. The number of barbiturate groups is 1. The quantitative estimate of drug-likeness (QED) is 0.364. The Morgan fingerprint density at radius 2 is 1.89 bits per heavy atom. The van der Waals surface area contributed by atoms with Crippen molar-refractivity contribution in [2.24, 2.45) is 0 Å². The molecule has 1 aromatic carbocycles. The Bertz CT molecular complexity index is 1540. The summed E-state index contributed by atoms with van der Waals surface area (Å²) in [5.74, 6) is -1.47. The number of thiophene rings is 1. The molecule has 3 heterocycles. The maximum Gasteiger partial charge on any atom is 0.335 e. The molecular weight excluding hydrogens is 496 g/mol. The smallest absolute Gasteiger partial charge is 0.308 e. The minimum Gasteiger partial charge on any atom is -0.308 e. The highest BCUT2D eigenvalue weighted by molar-refractivity contribution is 7.15. The average molecular weight is 519 g/mol. The monoisotopic (exact) mass is 518 g/mol. The highest BCUT2D eigenvalue weighted by Gasteiger charge is 2.38. The number of amides is 4. The molecule has 0 bridgehead atoms. The maximum absolute atomic E-state index is 13.4. The zero-order valence-electron chi connectivity index (χ0n) is 20.1.